The van der Waals surface area contributed by atoms with Crippen LogP contribution in [0.15, 0.2) is 55.3 Å². The molecule has 0 saturated heterocycles. The number of carbonyl (C=O) groups excluding carboxylic acids is 1. The van der Waals surface area contributed by atoms with Crippen LogP contribution in [0.1, 0.15) is 35.9 Å². The minimum absolute atomic E-state index is 0.0617. The predicted octanol–water partition coefficient (Wildman–Crippen LogP) is 3.23. The molecule has 0 bridgehead atoms. The highest BCUT2D eigenvalue weighted by atomic mass is 16.5. The van der Waals surface area contributed by atoms with Crippen molar-refractivity contribution >= 4 is 5.97 Å². The second-order valence-corrected chi connectivity index (χ2v) is 4.79. The molecule has 0 aliphatic heterocycles. The van der Waals surface area contributed by atoms with Gasteiger partial charge in [0, 0.05) is 6.20 Å². The summed E-state index contributed by atoms with van der Waals surface area (Å²) in [5.74, 6) is 5.00. The smallest absolute Gasteiger partial charge is 0.357 e. The van der Waals surface area contributed by atoms with Crippen molar-refractivity contribution in [1.82, 2.24) is 9.78 Å². The first kappa shape index (κ1) is 15.6. The fourth-order valence-corrected chi connectivity index (χ4v) is 2.08. The Morgan fingerprint density at radius 2 is 2.05 bits per heavy atom. The van der Waals surface area contributed by atoms with E-state index in [1.807, 2.05) is 37.3 Å². The summed E-state index contributed by atoms with van der Waals surface area (Å²) >= 11 is 0. The molecule has 0 aliphatic carbocycles. The summed E-state index contributed by atoms with van der Waals surface area (Å²) in [4.78, 5) is 12.3. The topological polar surface area (TPSA) is 44.1 Å². The Labute approximate surface area is 130 Å². The van der Waals surface area contributed by atoms with Crippen molar-refractivity contribution in [3.63, 3.8) is 0 Å². The fraction of sp³-hybridized carbons (Fsp3) is 0.222. The first-order chi connectivity index (χ1) is 10.6. The highest BCUT2D eigenvalue weighted by molar-refractivity contribution is 5.87. The molecule has 1 aromatic carbocycles. The largest absolute Gasteiger partial charge is 0.445 e. The van der Waals surface area contributed by atoms with Crippen molar-refractivity contribution in [2.75, 3.05) is 0 Å². The highest BCUT2D eigenvalue weighted by Crippen LogP contribution is 2.19. The van der Waals surface area contributed by atoms with Crippen LogP contribution >= 0.6 is 0 Å². The zero-order chi connectivity index (χ0) is 15.9. The molecule has 4 heteroatoms. The number of esters is 1. The zero-order valence-electron chi connectivity index (χ0n) is 12.7. The molecule has 1 heterocycles. The first-order valence-corrected chi connectivity index (χ1v) is 7.05. The lowest BCUT2D eigenvalue weighted by Gasteiger charge is -2.16. The number of hydrogen-bond donors (Lipinski definition) is 0. The maximum Gasteiger partial charge on any atom is 0.357 e. The van der Waals surface area contributed by atoms with Gasteiger partial charge < -0.3 is 4.74 Å². The molecule has 4 nitrogen and oxygen atoms in total. The van der Waals surface area contributed by atoms with E-state index in [0.29, 0.717) is 5.69 Å². The third-order valence-electron chi connectivity index (χ3n) is 3.20. The molecule has 2 atom stereocenters. The third-order valence-corrected chi connectivity index (χ3v) is 3.20. The SMILES string of the molecule is C=CC#CC(C)OC(=O)c1ccnn1[C@H](C)c1ccccc1. The van der Waals surface area contributed by atoms with Crippen LogP contribution in [-0.2, 0) is 4.74 Å². The van der Waals surface area contributed by atoms with Crippen molar-refractivity contribution in [3.8, 4) is 11.8 Å². The Hall–Kier alpha value is -2.80. The van der Waals surface area contributed by atoms with Crippen molar-refractivity contribution < 1.29 is 9.53 Å². The summed E-state index contributed by atoms with van der Waals surface area (Å²) < 4.78 is 6.96. The Kier molecular flexibility index (Phi) is 5.16. The molecule has 0 spiro atoms. The molecule has 22 heavy (non-hydrogen) atoms. The Morgan fingerprint density at radius 1 is 1.32 bits per heavy atom. The average molecular weight is 294 g/mol. The second-order valence-electron chi connectivity index (χ2n) is 4.79. The number of rotatable bonds is 4. The summed E-state index contributed by atoms with van der Waals surface area (Å²) in [6.07, 6.45) is 2.56. The van der Waals surface area contributed by atoms with E-state index in [-0.39, 0.29) is 6.04 Å². The lowest BCUT2D eigenvalue weighted by molar-refractivity contribution is 0.0422. The molecule has 0 saturated carbocycles. The van der Waals surface area contributed by atoms with Gasteiger partial charge in [-0.1, -0.05) is 48.8 Å². The van der Waals surface area contributed by atoms with Crippen molar-refractivity contribution in [3.05, 3.63) is 66.5 Å². The molecule has 2 rings (SSSR count). The van der Waals surface area contributed by atoms with Crippen LogP contribution in [0.5, 0.6) is 0 Å². The molecule has 112 valence electrons. The molecule has 1 unspecified atom stereocenters. The van der Waals surface area contributed by atoms with Gasteiger partial charge in [-0.15, -0.1) is 0 Å². The van der Waals surface area contributed by atoms with Crippen molar-refractivity contribution in [1.29, 1.82) is 0 Å². The van der Waals surface area contributed by atoms with Crippen LogP contribution in [-0.4, -0.2) is 21.9 Å². The maximum absolute atomic E-state index is 12.3. The highest BCUT2D eigenvalue weighted by Gasteiger charge is 2.19. The van der Waals surface area contributed by atoms with Crippen LogP contribution in [0.4, 0.5) is 0 Å². The molecular weight excluding hydrogens is 276 g/mol. The van der Waals surface area contributed by atoms with Gasteiger partial charge in [-0.05, 0) is 31.6 Å². The summed E-state index contributed by atoms with van der Waals surface area (Å²) in [5.41, 5.74) is 1.48. The molecule has 0 radical (unpaired) electrons. The van der Waals surface area contributed by atoms with Gasteiger partial charge in [0.1, 0.15) is 5.69 Å². The lowest BCUT2D eigenvalue weighted by atomic mass is 10.1. The second kappa shape index (κ2) is 7.28. The first-order valence-electron chi connectivity index (χ1n) is 7.05. The summed E-state index contributed by atoms with van der Waals surface area (Å²) in [7, 11) is 0. The summed E-state index contributed by atoms with van der Waals surface area (Å²) in [6, 6.07) is 11.5. The Bertz CT molecular complexity index is 707. The minimum atomic E-state index is -0.499. The number of ether oxygens (including phenoxy) is 1. The summed E-state index contributed by atoms with van der Waals surface area (Å²) in [5, 5.41) is 4.25. The van der Waals surface area contributed by atoms with Gasteiger partial charge in [0.15, 0.2) is 6.10 Å². The van der Waals surface area contributed by atoms with Gasteiger partial charge in [-0.2, -0.15) is 5.10 Å². The van der Waals surface area contributed by atoms with Gasteiger partial charge in [0.05, 0.1) is 6.04 Å². The number of benzene rings is 1. The molecule has 0 amide bonds. The van der Waals surface area contributed by atoms with Crippen molar-refractivity contribution in [2.24, 2.45) is 0 Å². The number of carbonyl (C=O) groups is 1. The van der Waals surface area contributed by atoms with E-state index < -0.39 is 12.1 Å². The lowest BCUT2D eigenvalue weighted by Crippen LogP contribution is -2.20. The molecule has 0 fully saturated rings. The van der Waals surface area contributed by atoms with Crippen LogP contribution in [0.2, 0.25) is 0 Å². The molecular formula is C18H18N2O2. The van der Waals surface area contributed by atoms with Crippen LogP contribution in [0.3, 0.4) is 0 Å². The van der Waals surface area contributed by atoms with Crippen LogP contribution in [0, 0.1) is 11.8 Å². The molecule has 0 aliphatic rings. The number of aromatic nitrogens is 2. The van der Waals surface area contributed by atoms with Crippen LogP contribution in [0.25, 0.3) is 0 Å². The van der Waals surface area contributed by atoms with Crippen LogP contribution < -0.4 is 0 Å². The summed E-state index contributed by atoms with van der Waals surface area (Å²) in [6.45, 7) is 7.21. The average Bonchev–Trinajstić information content (AvgIpc) is 3.02. The fourth-order valence-electron chi connectivity index (χ4n) is 2.08. The minimum Gasteiger partial charge on any atom is -0.445 e. The van der Waals surface area contributed by atoms with Gasteiger partial charge >= 0.3 is 5.97 Å². The number of hydrogen-bond acceptors (Lipinski definition) is 3. The van der Waals surface area contributed by atoms with Gasteiger partial charge in [-0.25, -0.2) is 4.79 Å². The third kappa shape index (κ3) is 3.64. The van der Waals surface area contributed by atoms with Gasteiger partial charge in [0.25, 0.3) is 0 Å². The van der Waals surface area contributed by atoms with E-state index in [0.717, 1.165) is 5.56 Å². The number of nitrogens with zero attached hydrogens (tertiary/aromatic N) is 2. The Balaban J connectivity index is 2.19. The van der Waals surface area contributed by atoms with E-state index in [2.05, 4.69) is 23.5 Å². The molecule has 1 aromatic heterocycles. The monoisotopic (exact) mass is 294 g/mol. The maximum atomic E-state index is 12.3. The predicted molar refractivity (Wildman–Crippen MR) is 85.3 cm³/mol. The van der Waals surface area contributed by atoms with Crippen molar-refractivity contribution in [2.45, 2.75) is 26.0 Å². The quantitative estimate of drug-likeness (QED) is 0.642. The van der Waals surface area contributed by atoms with E-state index >= 15 is 0 Å². The van der Waals surface area contributed by atoms with E-state index in [1.54, 1.807) is 23.9 Å². The van der Waals surface area contributed by atoms with E-state index in [9.17, 15) is 4.79 Å². The molecule has 2 aromatic rings. The van der Waals surface area contributed by atoms with E-state index in [4.69, 9.17) is 4.74 Å². The normalized spacial score (nSPS) is 12.6. The van der Waals surface area contributed by atoms with E-state index in [1.165, 1.54) is 6.08 Å². The number of allylic oxidation sites excluding steroid dienone is 1. The molecule has 0 N–H and O–H groups in total. The van der Waals surface area contributed by atoms with Gasteiger partial charge in [0.2, 0.25) is 0 Å². The zero-order valence-corrected chi connectivity index (χ0v) is 12.7. The Morgan fingerprint density at radius 3 is 2.73 bits per heavy atom. The standard InChI is InChI=1S/C18H18N2O2/c1-4-5-9-14(2)22-18(21)17-12-13-19-20(17)15(3)16-10-7-6-8-11-16/h4,6-8,10-15H,1H2,2-3H3/t14?,15-/m1/s1. The van der Waals surface area contributed by atoms with Gasteiger partial charge in [-0.3, -0.25) is 4.68 Å².